The van der Waals surface area contributed by atoms with Crippen LogP contribution in [0.3, 0.4) is 0 Å². The molecule has 0 radical (unpaired) electrons. The van der Waals surface area contributed by atoms with Crippen LogP contribution in [0.1, 0.15) is 33.5 Å². The van der Waals surface area contributed by atoms with E-state index >= 15 is 0 Å². The van der Waals surface area contributed by atoms with Crippen LogP contribution >= 0.6 is 0 Å². The third-order valence-electron chi connectivity index (χ3n) is 1.95. The summed E-state index contributed by atoms with van der Waals surface area (Å²) in [4.78, 5) is 26.3. The number of ether oxygens (including phenoxy) is 1. The Hall–Kier alpha value is -1.91. The largest absolute Gasteiger partial charge is 0.464 e. The van der Waals surface area contributed by atoms with E-state index in [-0.39, 0.29) is 22.9 Å². The summed E-state index contributed by atoms with van der Waals surface area (Å²) in [5.41, 5.74) is 6.68. The van der Waals surface area contributed by atoms with Crippen molar-refractivity contribution in [2.24, 2.45) is 0 Å². The van der Waals surface area contributed by atoms with E-state index in [4.69, 9.17) is 5.73 Å². The van der Waals surface area contributed by atoms with Gasteiger partial charge in [-0.2, -0.15) is 0 Å². The van der Waals surface area contributed by atoms with Crippen LogP contribution in [0.25, 0.3) is 0 Å². The number of anilines is 1. The fourth-order valence-electron chi connectivity index (χ4n) is 1.22. The van der Waals surface area contributed by atoms with Crippen LogP contribution in [0.15, 0.2) is 6.07 Å². The van der Waals surface area contributed by atoms with Gasteiger partial charge in [0.1, 0.15) is 5.69 Å². The summed E-state index contributed by atoms with van der Waals surface area (Å²) in [5.74, 6) is -0.854. The van der Waals surface area contributed by atoms with Crippen molar-refractivity contribution in [3.63, 3.8) is 0 Å². The number of nitrogens with two attached hydrogens (primary N) is 1. The van der Waals surface area contributed by atoms with E-state index in [9.17, 15) is 9.59 Å². The normalized spacial score (nSPS) is 9.80. The van der Waals surface area contributed by atoms with Crippen molar-refractivity contribution < 1.29 is 14.3 Å². The second kappa shape index (κ2) is 4.08. The summed E-state index contributed by atoms with van der Waals surface area (Å²) in [6.45, 7) is 3.02. The number of hydrogen-bond acceptors (Lipinski definition) is 5. The monoisotopic (exact) mass is 208 g/mol. The maximum atomic E-state index is 11.3. The predicted molar refractivity (Wildman–Crippen MR) is 54.7 cm³/mol. The smallest absolute Gasteiger partial charge is 0.356 e. The first kappa shape index (κ1) is 11.2. The predicted octanol–water partition coefficient (Wildman–Crippen LogP) is 0.961. The second-order valence-corrected chi connectivity index (χ2v) is 3.14. The highest BCUT2D eigenvalue weighted by Gasteiger charge is 2.16. The van der Waals surface area contributed by atoms with Gasteiger partial charge in [0.05, 0.1) is 12.8 Å². The number of pyridine rings is 1. The minimum atomic E-state index is -0.574. The van der Waals surface area contributed by atoms with Gasteiger partial charge in [-0.3, -0.25) is 4.79 Å². The molecule has 0 aromatic carbocycles. The van der Waals surface area contributed by atoms with Crippen molar-refractivity contribution >= 4 is 17.4 Å². The third kappa shape index (κ3) is 2.12. The van der Waals surface area contributed by atoms with Gasteiger partial charge in [-0.1, -0.05) is 0 Å². The van der Waals surface area contributed by atoms with Crippen LogP contribution in [0, 0.1) is 6.92 Å². The molecule has 0 spiro atoms. The summed E-state index contributed by atoms with van der Waals surface area (Å²) < 4.78 is 4.54. The maximum absolute atomic E-state index is 11.3. The average Bonchev–Trinajstić information content (AvgIpc) is 2.16. The van der Waals surface area contributed by atoms with E-state index in [0.29, 0.717) is 5.56 Å². The molecule has 1 heterocycles. The zero-order valence-corrected chi connectivity index (χ0v) is 8.83. The first-order valence-electron chi connectivity index (χ1n) is 4.33. The second-order valence-electron chi connectivity index (χ2n) is 3.14. The SMILES string of the molecule is COC(=O)c1nc(C(C)=O)c(N)cc1C. The van der Waals surface area contributed by atoms with E-state index in [1.807, 2.05) is 0 Å². The van der Waals surface area contributed by atoms with Gasteiger partial charge in [-0.05, 0) is 18.6 Å². The molecular weight excluding hydrogens is 196 g/mol. The zero-order valence-electron chi connectivity index (χ0n) is 8.83. The van der Waals surface area contributed by atoms with Crippen LogP contribution in [0.2, 0.25) is 0 Å². The number of carbonyl (C=O) groups is 2. The molecule has 0 aliphatic carbocycles. The first-order valence-corrected chi connectivity index (χ1v) is 4.33. The molecule has 1 aromatic rings. The number of nitrogens with zero attached hydrogens (tertiary/aromatic N) is 1. The van der Waals surface area contributed by atoms with Gasteiger partial charge in [0.15, 0.2) is 11.5 Å². The quantitative estimate of drug-likeness (QED) is 0.578. The average molecular weight is 208 g/mol. The standard InChI is InChI=1S/C10H12N2O3/c1-5-4-7(11)9(6(2)13)12-8(5)10(14)15-3/h4H,11H2,1-3H3. The Morgan fingerprint density at radius 1 is 1.40 bits per heavy atom. The Kier molecular flexibility index (Phi) is 3.04. The number of nitrogen functional groups attached to an aromatic ring is 1. The molecule has 0 aliphatic heterocycles. The molecule has 0 bridgehead atoms. The van der Waals surface area contributed by atoms with E-state index in [2.05, 4.69) is 9.72 Å². The van der Waals surface area contributed by atoms with E-state index in [0.717, 1.165) is 0 Å². The van der Waals surface area contributed by atoms with Gasteiger partial charge in [0.2, 0.25) is 0 Å². The van der Waals surface area contributed by atoms with Gasteiger partial charge < -0.3 is 10.5 Å². The number of hydrogen-bond donors (Lipinski definition) is 1. The van der Waals surface area contributed by atoms with Crippen molar-refractivity contribution in [3.05, 3.63) is 23.0 Å². The summed E-state index contributed by atoms with van der Waals surface area (Å²) in [7, 11) is 1.26. The van der Waals surface area contributed by atoms with Crippen molar-refractivity contribution in [3.8, 4) is 0 Å². The van der Waals surface area contributed by atoms with Crippen LogP contribution in [0.4, 0.5) is 5.69 Å². The van der Waals surface area contributed by atoms with Crippen molar-refractivity contribution in [1.29, 1.82) is 0 Å². The van der Waals surface area contributed by atoms with Crippen molar-refractivity contribution in [1.82, 2.24) is 4.98 Å². The van der Waals surface area contributed by atoms with E-state index in [1.54, 1.807) is 6.92 Å². The molecule has 1 rings (SSSR count). The molecule has 0 saturated carbocycles. The Labute approximate surface area is 87.3 Å². The molecule has 0 aliphatic rings. The molecule has 80 valence electrons. The molecule has 0 saturated heterocycles. The highest BCUT2D eigenvalue weighted by molar-refractivity contribution is 5.99. The molecule has 15 heavy (non-hydrogen) atoms. The number of esters is 1. The fraction of sp³-hybridized carbons (Fsp3) is 0.300. The first-order chi connectivity index (χ1) is 6.97. The van der Waals surface area contributed by atoms with Crippen LogP contribution in [-0.4, -0.2) is 23.8 Å². The van der Waals surface area contributed by atoms with Crippen LogP contribution in [-0.2, 0) is 4.74 Å². The van der Waals surface area contributed by atoms with E-state index < -0.39 is 5.97 Å². The lowest BCUT2D eigenvalue weighted by atomic mass is 10.1. The van der Waals surface area contributed by atoms with Crippen LogP contribution < -0.4 is 5.73 Å². The molecule has 5 nitrogen and oxygen atoms in total. The number of aryl methyl sites for hydroxylation is 1. The third-order valence-corrected chi connectivity index (χ3v) is 1.95. The Balaban J connectivity index is 3.36. The number of Topliss-reactive ketones (excluding diaryl/α,β-unsaturated/α-hetero) is 1. The molecule has 0 atom stereocenters. The number of aromatic nitrogens is 1. The Morgan fingerprint density at radius 2 is 2.00 bits per heavy atom. The van der Waals surface area contributed by atoms with Gasteiger partial charge >= 0.3 is 5.97 Å². The number of methoxy groups -OCH3 is 1. The summed E-state index contributed by atoms with van der Waals surface area (Å²) in [5, 5.41) is 0. The summed E-state index contributed by atoms with van der Waals surface area (Å²) >= 11 is 0. The molecular formula is C10H12N2O3. The van der Waals surface area contributed by atoms with Gasteiger partial charge in [-0.15, -0.1) is 0 Å². The van der Waals surface area contributed by atoms with Crippen molar-refractivity contribution in [2.45, 2.75) is 13.8 Å². The molecule has 0 unspecified atom stereocenters. The molecule has 0 fully saturated rings. The van der Waals surface area contributed by atoms with Gasteiger partial charge in [0, 0.05) is 6.92 Å². The molecule has 0 amide bonds. The maximum Gasteiger partial charge on any atom is 0.356 e. The number of rotatable bonds is 2. The Morgan fingerprint density at radius 3 is 2.47 bits per heavy atom. The van der Waals surface area contributed by atoms with Crippen LogP contribution in [0.5, 0.6) is 0 Å². The minimum absolute atomic E-state index is 0.0981. The zero-order chi connectivity index (χ0) is 11.6. The molecule has 2 N–H and O–H groups in total. The molecule has 5 heteroatoms. The summed E-state index contributed by atoms with van der Waals surface area (Å²) in [6.07, 6.45) is 0. The lowest BCUT2D eigenvalue weighted by Gasteiger charge is -2.07. The topological polar surface area (TPSA) is 82.3 Å². The Bertz CT molecular complexity index is 427. The highest BCUT2D eigenvalue weighted by Crippen LogP contribution is 2.15. The van der Waals surface area contributed by atoms with E-state index in [1.165, 1.54) is 20.1 Å². The van der Waals surface area contributed by atoms with Gasteiger partial charge in [0.25, 0.3) is 0 Å². The lowest BCUT2D eigenvalue weighted by molar-refractivity contribution is 0.0593. The fourth-order valence-corrected chi connectivity index (χ4v) is 1.22. The number of ketones is 1. The number of carbonyl (C=O) groups excluding carboxylic acids is 2. The molecule has 1 aromatic heterocycles. The lowest BCUT2D eigenvalue weighted by Crippen LogP contribution is -2.12. The van der Waals surface area contributed by atoms with Crippen molar-refractivity contribution in [2.75, 3.05) is 12.8 Å². The minimum Gasteiger partial charge on any atom is -0.464 e. The summed E-state index contributed by atoms with van der Waals surface area (Å²) in [6, 6.07) is 1.54. The highest BCUT2D eigenvalue weighted by atomic mass is 16.5. The van der Waals surface area contributed by atoms with Gasteiger partial charge in [-0.25, -0.2) is 9.78 Å².